The Kier molecular flexibility index (Phi) is 20.9. The third kappa shape index (κ3) is 15.2. The lowest BCUT2D eigenvalue weighted by Crippen LogP contribution is -2.57. The molecule has 0 bridgehead atoms. The summed E-state index contributed by atoms with van der Waals surface area (Å²) < 4.78 is 0. The molecule has 1 aromatic rings. The van der Waals surface area contributed by atoms with E-state index >= 15 is 0 Å². The van der Waals surface area contributed by atoms with Crippen molar-refractivity contribution in [3.63, 3.8) is 0 Å². The summed E-state index contributed by atoms with van der Waals surface area (Å²) in [5, 5.41) is 17.2. The van der Waals surface area contributed by atoms with Gasteiger partial charge in [-0.2, -0.15) is 0 Å². The van der Waals surface area contributed by atoms with Crippen LogP contribution in [0.3, 0.4) is 0 Å². The number of carbonyl (C=O) groups excluding carboxylic acids is 7. The summed E-state index contributed by atoms with van der Waals surface area (Å²) in [6.07, 6.45) is 10.3. The average molecular weight is 867 g/mol. The van der Waals surface area contributed by atoms with Crippen molar-refractivity contribution >= 4 is 42.1 Å². The molecule has 0 radical (unpaired) electrons. The molecular formula is C45H74N10O7. The molecule has 1 saturated carbocycles. The lowest BCUT2D eigenvalue weighted by atomic mass is 9.76. The summed E-state index contributed by atoms with van der Waals surface area (Å²) in [6.45, 7) is 8.71. The molecule has 346 valence electrons. The number of hydrogen-bond acceptors (Lipinski definition) is 9. The Balaban J connectivity index is 1.19. The topological polar surface area (TPSA) is 205 Å². The van der Waals surface area contributed by atoms with E-state index in [9.17, 15) is 33.6 Å². The van der Waals surface area contributed by atoms with Crippen LogP contribution in [0.25, 0.3) is 0 Å². The van der Waals surface area contributed by atoms with Crippen LogP contribution < -0.4 is 31.9 Å². The molecule has 2 unspecified atom stereocenters. The van der Waals surface area contributed by atoms with Crippen molar-refractivity contribution in [2.45, 2.75) is 146 Å². The second-order valence-corrected chi connectivity index (χ2v) is 17.2. The van der Waals surface area contributed by atoms with Gasteiger partial charge in [0, 0.05) is 63.8 Å². The van der Waals surface area contributed by atoms with E-state index in [1.165, 1.54) is 10.5 Å². The van der Waals surface area contributed by atoms with Gasteiger partial charge >= 0.3 is 18.1 Å². The first-order valence-corrected chi connectivity index (χ1v) is 23.0. The summed E-state index contributed by atoms with van der Waals surface area (Å²) in [6, 6.07) is 7.17. The van der Waals surface area contributed by atoms with E-state index in [-0.39, 0.29) is 48.9 Å². The number of likely N-dealkylation sites (N-methyl/N-ethyl adjacent to an activating group) is 1. The van der Waals surface area contributed by atoms with E-state index in [0.29, 0.717) is 70.2 Å². The normalized spacial score (nSPS) is 21.8. The number of amides is 9. The Morgan fingerprint density at radius 1 is 0.855 bits per heavy atom. The summed E-state index contributed by atoms with van der Waals surface area (Å²) >= 11 is 0. The molecular weight excluding hydrogens is 793 g/mol. The first-order chi connectivity index (χ1) is 29.9. The number of unbranched alkanes of at least 4 members (excludes halogenated alkanes) is 3. The number of aldehydes is 1. The fourth-order valence-electron chi connectivity index (χ4n) is 8.69. The molecule has 0 aromatic heterocycles. The number of nitrogens with zero attached hydrogens (tertiary/aromatic N) is 4. The van der Waals surface area contributed by atoms with Crippen molar-refractivity contribution in [1.82, 2.24) is 51.5 Å². The SMILES string of the molecule is CCC(=O)N[C@H](C=O)CN(CC[C@@H]1CCCN1C)C(=O)NCCCCCCNC(=O)N(CC)CC[C@H]1CCC(C(=O)NC2CC(c3ccccc3)C2)N1C(=O)NC(=O)C(C)NC. The Morgan fingerprint density at radius 3 is 2.10 bits per heavy atom. The van der Waals surface area contributed by atoms with Crippen LogP contribution in [-0.4, -0.2) is 158 Å². The van der Waals surface area contributed by atoms with E-state index in [1.54, 1.807) is 30.7 Å². The van der Waals surface area contributed by atoms with Crippen LogP contribution in [0.15, 0.2) is 30.3 Å². The van der Waals surface area contributed by atoms with E-state index in [0.717, 1.165) is 64.3 Å². The van der Waals surface area contributed by atoms with E-state index in [4.69, 9.17) is 0 Å². The molecule has 1 aliphatic carbocycles. The zero-order chi connectivity index (χ0) is 45.0. The molecule has 2 saturated heterocycles. The molecule has 4 rings (SSSR count). The molecule has 17 nitrogen and oxygen atoms in total. The van der Waals surface area contributed by atoms with Gasteiger partial charge in [-0.15, -0.1) is 0 Å². The Hall–Kier alpha value is -4.77. The minimum absolute atomic E-state index is 0.0217. The summed E-state index contributed by atoms with van der Waals surface area (Å²) in [4.78, 5) is 97.2. The van der Waals surface area contributed by atoms with Gasteiger partial charge in [0.2, 0.25) is 17.7 Å². The summed E-state index contributed by atoms with van der Waals surface area (Å²) in [5.41, 5.74) is 1.25. The molecule has 5 atom stereocenters. The van der Waals surface area contributed by atoms with Gasteiger partial charge in [-0.25, -0.2) is 14.4 Å². The van der Waals surface area contributed by atoms with Crippen molar-refractivity contribution in [1.29, 1.82) is 0 Å². The number of imide groups is 1. The van der Waals surface area contributed by atoms with Gasteiger partial charge in [-0.3, -0.25) is 19.7 Å². The van der Waals surface area contributed by atoms with Gasteiger partial charge in [0.1, 0.15) is 18.4 Å². The van der Waals surface area contributed by atoms with Crippen LogP contribution in [0.1, 0.15) is 116 Å². The molecule has 6 N–H and O–H groups in total. The highest BCUT2D eigenvalue weighted by Crippen LogP contribution is 2.37. The molecule has 2 heterocycles. The van der Waals surface area contributed by atoms with E-state index in [1.807, 2.05) is 25.1 Å². The van der Waals surface area contributed by atoms with Gasteiger partial charge in [0.25, 0.3) is 0 Å². The first-order valence-electron chi connectivity index (χ1n) is 23.0. The number of urea groups is 3. The van der Waals surface area contributed by atoms with Crippen molar-refractivity contribution in [3.8, 4) is 0 Å². The molecule has 3 fully saturated rings. The Bertz CT molecular complexity index is 1610. The van der Waals surface area contributed by atoms with Gasteiger partial charge in [0.05, 0.1) is 6.04 Å². The van der Waals surface area contributed by atoms with Crippen LogP contribution in [0.5, 0.6) is 0 Å². The highest BCUT2D eigenvalue weighted by Gasteiger charge is 2.43. The van der Waals surface area contributed by atoms with Gasteiger partial charge < -0.3 is 51.0 Å². The largest absolute Gasteiger partial charge is 0.352 e. The highest BCUT2D eigenvalue weighted by atomic mass is 16.2. The second kappa shape index (κ2) is 26.0. The summed E-state index contributed by atoms with van der Waals surface area (Å²) in [5.74, 6) is -0.540. The van der Waals surface area contributed by atoms with E-state index < -0.39 is 30.1 Å². The van der Waals surface area contributed by atoms with Crippen LogP contribution in [0.2, 0.25) is 0 Å². The van der Waals surface area contributed by atoms with Gasteiger partial charge in [-0.1, -0.05) is 50.1 Å². The minimum atomic E-state index is -0.766. The smallest absolute Gasteiger partial charge is 0.325 e. The van der Waals surface area contributed by atoms with Crippen LogP contribution in [-0.2, 0) is 19.2 Å². The minimum Gasteiger partial charge on any atom is -0.352 e. The zero-order valence-corrected chi connectivity index (χ0v) is 37.8. The fraction of sp³-hybridized carbons (Fsp3) is 0.711. The average Bonchev–Trinajstić information content (AvgIpc) is 3.89. The maximum absolute atomic E-state index is 13.6. The number of nitrogens with one attached hydrogen (secondary N) is 6. The predicted octanol–water partition coefficient (Wildman–Crippen LogP) is 3.30. The number of carbonyl (C=O) groups is 7. The van der Waals surface area contributed by atoms with E-state index in [2.05, 4.69) is 56.0 Å². The summed E-state index contributed by atoms with van der Waals surface area (Å²) in [7, 11) is 3.72. The molecule has 9 amide bonds. The van der Waals surface area contributed by atoms with Crippen LogP contribution in [0.4, 0.5) is 14.4 Å². The fourth-order valence-corrected chi connectivity index (χ4v) is 8.69. The molecule has 2 aliphatic heterocycles. The lowest BCUT2D eigenvalue weighted by molar-refractivity contribution is -0.127. The monoisotopic (exact) mass is 867 g/mol. The molecule has 17 heteroatoms. The number of rotatable bonds is 24. The third-order valence-electron chi connectivity index (χ3n) is 12.8. The third-order valence-corrected chi connectivity index (χ3v) is 12.8. The highest BCUT2D eigenvalue weighted by molar-refractivity contribution is 5.99. The van der Waals surface area contributed by atoms with Crippen LogP contribution in [0, 0.1) is 0 Å². The van der Waals surface area contributed by atoms with Gasteiger partial charge in [-0.05, 0) is 110 Å². The second-order valence-electron chi connectivity index (χ2n) is 17.2. The lowest BCUT2D eigenvalue weighted by Gasteiger charge is -2.38. The molecule has 3 aliphatic rings. The van der Waals surface area contributed by atoms with Crippen molar-refractivity contribution in [3.05, 3.63) is 35.9 Å². The van der Waals surface area contributed by atoms with Crippen molar-refractivity contribution < 1.29 is 33.6 Å². The molecule has 62 heavy (non-hydrogen) atoms. The van der Waals surface area contributed by atoms with Crippen molar-refractivity contribution in [2.75, 3.05) is 59.9 Å². The maximum atomic E-state index is 13.6. The number of benzene rings is 1. The van der Waals surface area contributed by atoms with Crippen LogP contribution >= 0.6 is 0 Å². The zero-order valence-electron chi connectivity index (χ0n) is 37.8. The quantitative estimate of drug-likeness (QED) is 0.0666. The molecule has 0 spiro atoms. The first kappa shape index (κ1) is 49.9. The standard InChI is InChI=1S/C45H74N10O7/c1-6-40(57)49-36(31-56)30-54(27-21-37-18-15-25-52(37)5)44(61)48-24-14-9-8-13-23-47-43(60)53(7-2)26-22-38-19-20-39(55(38)45(62)51-41(58)32(3)46-4)42(59)50-35-28-34(29-35)33-16-11-10-12-17-33/h10-12,16-17,31-32,34-39,46H,6-9,13-15,18-30H2,1-5H3,(H,47,60)(H,48,61)(H,49,57)(H,50,59)(H,51,58,62)/t32?,34?,35?,36-,37-,38+,39?/m0/s1. The number of hydrogen-bond donors (Lipinski definition) is 6. The van der Waals surface area contributed by atoms with Gasteiger partial charge in [0.15, 0.2) is 0 Å². The number of likely N-dealkylation sites (tertiary alicyclic amines) is 2. The maximum Gasteiger partial charge on any atom is 0.325 e. The molecule has 1 aromatic carbocycles. The van der Waals surface area contributed by atoms with Crippen molar-refractivity contribution in [2.24, 2.45) is 0 Å². The Morgan fingerprint density at radius 2 is 1.50 bits per heavy atom. The predicted molar refractivity (Wildman–Crippen MR) is 238 cm³/mol. The Labute approximate surface area is 368 Å².